The average Bonchev–Trinajstić information content (AvgIpc) is 2.38. The second kappa shape index (κ2) is 6.12. The molecule has 0 radical (unpaired) electrons. The Balaban J connectivity index is 1.93. The molecule has 4 heteroatoms. The van der Waals surface area contributed by atoms with Crippen LogP contribution in [0.2, 0.25) is 0 Å². The van der Waals surface area contributed by atoms with Gasteiger partial charge in [-0.2, -0.15) is 0 Å². The molecule has 0 bridgehead atoms. The van der Waals surface area contributed by atoms with Crippen LogP contribution in [0.25, 0.3) is 0 Å². The Hall–Kier alpha value is -1.94. The van der Waals surface area contributed by atoms with Gasteiger partial charge in [0, 0.05) is 18.4 Å². The minimum Gasteiger partial charge on any atom is -0.489 e. The van der Waals surface area contributed by atoms with E-state index in [4.69, 9.17) is 9.84 Å². The van der Waals surface area contributed by atoms with E-state index in [0.29, 0.717) is 17.7 Å². The summed E-state index contributed by atoms with van der Waals surface area (Å²) in [5, 5.41) is 8.79. The minimum absolute atomic E-state index is 0.134. The second-order valence-corrected chi connectivity index (χ2v) is 3.92. The van der Waals surface area contributed by atoms with Crippen LogP contribution in [0.1, 0.15) is 11.1 Å². The van der Waals surface area contributed by atoms with Crippen LogP contribution < -0.4 is 4.74 Å². The fraction of sp³-hybridized carbons (Fsp3) is 0.214. The van der Waals surface area contributed by atoms with Crippen LogP contribution in [0, 0.1) is 5.82 Å². The Kier molecular flexibility index (Phi) is 4.25. The summed E-state index contributed by atoms with van der Waals surface area (Å²) in [6.45, 7) is 0.416. The summed E-state index contributed by atoms with van der Waals surface area (Å²) in [7, 11) is 0. The van der Waals surface area contributed by atoms with Crippen molar-refractivity contribution in [2.45, 2.75) is 13.0 Å². The van der Waals surface area contributed by atoms with Gasteiger partial charge in [-0.05, 0) is 30.2 Å². The number of hydrogen-bond acceptors (Lipinski definition) is 3. The molecule has 1 heterocycles. The third-order valence-corrected chi connectivity index (χ3v) is 2.49. The van der Waals surface area contributed by atoms with E-state index in [9.17, 15) is 4.39 Å². The Bertz CT molecular complexity index is 499. The predicted molar refractivity (Wildman–Crippen MR) is 65.8 cm³/mol. The van der Waals surface area contributed by atoms with Gasteiger partial charge in [-0.1, -0.05) is 12.1 Å². The van der Waals surface area contributed by atoms with Gasteiger partial charge >= 0.3 is 0 Å². The van der Waals surface area contributed by atoms with Gasteiger partial charge in [-0.15, -0.1) is 0 Å². The molecule has 0 unspecified atom stereocenters. The molecule has 0 saturated carbocycles. The van der Waals surface area contributed by atoms with Gasteiger partial charge in [-0.25, -0.2) is 4.39 Å². The normalized spacial score (nSPS) is 10.3. The van der Waals surface area contributed by atoms with Crippen LogP contribution in [0.15, 0.2) is 42.7 Å². The maximum Gasteiger partial charge on any atom is 0.141 e. The molecule has 0 amide bonds. The molecule has 94 valence electrons. The lowest BCUT2D eigenvalue weighted by Gasteiger charge is -2.06. The first-order chi connectivity index (χ1) is 8.78. The molecule has 3 nitrogen and oxygen atoms in total. The lowest BCUT2D eigenvalue weighted by molar-refractivity contribution is 0.298. The monoisotopic (exact) mass is 247 g/mol. The Morgan fingerprint density at radius 3 is 2.56 bits per heavy atom. The number of pyridine rings is 1. The summed E-state index contributed by atoms with van der Waals surface area (Å²) in [5.41, 5.74) is 1.74. The predicted octanol–water partition coefficient (Wildman–Crippen LogP) is 2.33. The topological polar surface area (TPSA) is 42.4 Å². The van der Waals surface area contributed by atoms with E-state index < -0.39 is 0 Å². The van der Waals surface area contributed by atoms with Crippen molar-refractivity contribution in [3.63, 3.8) is 0 Å². The van der Waals surface area contributed by atoms with E-state index >= 15 is 0 Å². The fourth-order valence-electron chi connectivity index (χ4n) is 1.58. The molecule has 1 N–H and O–H groups in total. The first-order valence-corrected chi connectivity index (χ1v) is 5.70. The minimum atomic E-state index is -0.366. The van der Waals surface area contributed by atoms with E-state index in [1.54, 1.807) is 6.20 Å². The molecule has 0 spiro atoms. The van der Waals surface area contributed by atoms with Crippen LogP contribution in [0.5, 0.6) is 5.75 Å². The average molecular weight is 247 g/mol. The summed E-state index contributed by atoms with van der Waals surface area (Å²) in [6.07, 6.45) is 3.37. The molecule has 0 saturated heterocycles. The Labute approximate surface area is 105 Å². The standard InChI is InChI=1S/C14H14FNO2/c15-13-7-12(8-16-9-13)10-18-14-3-1-11(2-4-14)5-6-17/h1-4,7-9,17H,5-6,10H2. The van der Waals surface area contributed by atoms with Gasteiger partial charge in [0.05, 0.1) is 6.20 Å². The van der Waals surface area contributed by atoms with E-state index in [0.717, 1.165) is 11.8 Å². The number of ether oxygens (including phenoxy) is 1. The molecule has 1 aromatic carbocycles. The highest BCUT2D eigenvalue weighted by atomic mass is 19.1. The number of aromatic nitrogens is 1. The van der Waals surface area contributed by atoms with E-state index in [1.807, 2.05) is 24.3 Å². The van der Waals surface area contributed by atoms with Gasteiger partial charge in [-0.3, -0.25) is 4.98 Å². The highest BCUT2D eigenvalue weighted by molar-refractivity contribution is 5.27. The molecular weight excluding hydrogens is 233 g/mol. The molecule has 0 aliphatic carbocycles. The van der Waals surface area contributed by atoms with E-state index in [2.05, 4.69) is 4.98 Å². The SMILES string of the molecule is OCCc1ccc(OCc2cncc(F)c2)cc1. The van der Waals surface area contributed by atoms with Crippen molar-refractivity contribution < 1.29 is 14.2 Å². The molecule has 0 aliphatic rings. The highest BCUT2D eigenvalue weighted by Crippen LogP contribution is 2.14. The summed E-state index contributed by atoms with van der Waals surface area (Å²) < 4.78 is 18.4. The fourth-order valence-corrected chi connectivity index (χ4v) is 1.58. The van der Waals surface area contributed by atoms with Crippen molar-refractivity contribution in [2.24, 2.45) is 0 Å². The van der Waals surface area contributed by atoms with Crippen LogP contribution in [0.4, 0.5) is 4.39 Å². The molecule has 1 aromatic heterocycles. The number of aliphatic hydroxyl groups is 1. The third kappa shape index (κ3) is 3.53. The van der Waals surface area contributed by atoms with E-state index in [-0.39, 0.29) is 19.0 Å². The number of rotatable bonds is 5. The van der Waals surface area contributed by atoms with E-state index in [1.165, 1.54) is 6.07 Å². The zero-order valence-electron chi connectivity index (χ0n) is 9.84. The van der Waals surface area contributed by atoms with Crippen molar-refractivity contribution in [2.75, 3.05) is 6.61 Å². The van der Waals surface area contributed by atoms with Crippen LogP contribution in [0.3, 0.4) is 0 Å². The molecule has 0 atom stereocenters. The molecule has 0 fully saturated rings. The first kappa shape index (κ1) is 12.5. The van der Waals surface area contributed by atoms with Crippen LogP contribution in [-0.4, -0.2) is 16.7 Å². The van der Waals surface area contributed by atoms with Crippen molar-refractivity contribution in [1.82, 2.24) is 4.98 Å². The van der Waals surface area contributed by atoms with Gasteiger partial charge in [0.15, 0.2) is 0 Å². The lowest BCUT2D eigenvalue weighted by atomic mass is 10.1. The summed E-state index contributed by atoms with van der Waals surface area (Å²) in [5.74, 6) is 0.343. The molecule has 18 heavy (non-hydrogen) atoms. The number of hydrogen-bond donors (Lipinski definition) is 1. The number of halogens is 1. The third-order valence-electron chi connectivity index (χ3n) is 2.49. The summed E-state index contributed by atoms with van der Waals surface area (Å²) in [6, 6.07) is 8.85. The maximum atomic E-state index is 12.9. The molecule has 2 aromatic rings. The van der Waals surface area contributed by atoms with Crippen LogP contribution in [-0.2, 0) is 13.0 Å². The quantitative estimate of drug-likeness (QED) is 0.881. The van der Waals surface area contributed by atoms with Gasteiger partial charge in [0.2, 0.25) is 0 Å². The molecule has 2 rings (SSSR count). The summed E-state index contributed by atoms with van der Waals surface area (Å²) in [4.78, 5) is 3.75. The van der Waals surface area contributed by atoms with Crippen molar-refractivity contribution in [3.05, 3.63) is 59.7 Å². The van der Waals surface area contributed by atoms with Crippen molar-refractivity contribution >= 4 is 0 Å². The Morgan fingerprint density at radius 1 is 1.11 bits per heavy atom. The Morgan fingerprint density at radius 2 is 1.89 bits per heavy atom. The number of aliphatic hydroxyl groups excluding tert-OH is 1. The number of nitrogens with zero attached hydrogens (tertiary/aromatic N) is 1. The highest BCUT2D eigenvalue weighted by Gasteiger charge is 1.99. The second-order valence-electron chi connectivity index (χ2n) is 3.92. The van der Waals surface area contributed by atoms with Gasteiger partial charge in [0.25, 0.3) is 0 Å². The lowest BCUT2D eigenvalue weighted by Crippen LogP contribution is -1.97. The van der Waals surface area contributed by atoms with Crippen molar-refractivity contribution in [1.29, 1.82) is 0 Å². The number of benzene rings is 1. The van der Waals surface area contributed by atoms with Gasteiger partial charge < -0.3 is 9.84 Å². The van der Waals surface area contributed by atoms with Gasteiger partial charge in [0.1, 0.15) is 18.2 Å². The largest absolute Gasteiger partial charge is 0.489 e. The van der Waals surface area contributed by atoms with Crippen molar-refractivity contribution in [3.8, 4) is 5.75 Å². The van der Waals surface area contributed by atoms with Crippen LogP contribution >= 0.6 is 0 Å². The molecule has 0 aliphatic heterocycles. The maximum absolute atomic E-state index is 12.9. The smallest absolute Gasteiger partial charge is 0.141 e. The first-order valence-electron chi connectivity index (χ1n) is 5.70. The zero-order chi connectivity index (χ0) is 12.8. The zero-order valence-corrected chi connectivity index (χ0v) is 9.84. The molecular formula is C14H14FNO2. The summed E-state index contributed by atoms with van der Waals surface area (Å²) >= 11 is 0.